The van der Waals surface area contributed by atoms with Crippen molar-refractivity contribution < 1.29 is 4.79 Å². The number of aryl methyl sites for hydroxylation is 1. The van der Waals surface area contributed by atoms with Crippen LogP contribution >= 0.6 is 11.3 Å². The predicted octanol–water partition coefficient (Wildman–Crippen LogP) is 6.97. The molecular formula is C29H27N7OS. The molecule has 0 radical (unpaired) electrons. The van der Waals surface area contributed by atoms with Gasteiger partial charge in [0.2, 0.25) is 5.91 Å². The van der Waals surface area contributed by atoms with Gasteiger partial charge >= 0.3 is 0 Å². The van der Waals surface area contributed by atoms with Crippen LogP contribution in [0.1, 0.15) is 32.1 Å². The fraction of sp³-hybridized carbons (Fsp3) is 0.207. The van der Waals surface area contributed by atoms with Crippen LogP contribution in [0.25, 0.3) is 55.2 Å². The van der Waals surface area contributed by atoms with Gasteiger partial charge in [-0.2, -0.15) is 5.10 Å². The number of para-hydroxylation sites is 1. The van der Waals surface area contributed by atoms with E-state index in [0.29, 0.717) is 17.9 Å². The number of benzene rings is 1. The summed E-state index contributed by atoms with van der Waals surface area (Å²) in [6.07, 6.45) is 5.57. The van der Waals surface area contributed by atoms with Crippen LogP contribution in [0.5, 0.6) is 0 Å². The zero-order valence-electron chi connectivity index (χ0n) is 21.6. The molecule has 5 aromatic heterocycles. The molecule has 0 aliphatic carbocycles. The van der Waals surface area contributed by atoms with Crippen LogP contribution in [0.3, 0.4) is 0 Å². The molecule has 0 saturated heterocycles. The van der Waals surface area contributed by atoms with Crippen molar-refractivity contribution in [1.29, 1.82) is 0 Å². The van der Waals surface area contributed by atoms with Crippen LogP contribution < -0.4 is 5.32 Å². The standard InChI is InChI=1S/C29H27N7OS/c1-16-8-9-24(38-16)19-6-5-7-21-26(19)34-28(33-21)27-20-11-22(31-15-23(20)35-36-27)17-10-18(14-30-13-17)32-25(37)12-29(2,3)4/h5-11,13-15H,12H2,1-4H3,(H,32,37)(H,33,34)(H,35,36). The molecular weight excluding hydrogens is 494 g/mol. The lowest BCUT2D eigenvalue weighted by molar-refractivity contribution is -0.117. The Balaban J connectivity index is 1.36. The minimum absolute atomic E-state index is 0.0426. The topological polar surface area (TPSA) is 112 Å². The van der Waals surface area contributed by atoms with Crippen molar-refractivity contribution in [1.82, 2.24) is 30.1 Å². The van der Waals surface area contributed by atoms with Gasteiger partial charge < -0.3 is 10.3 Å². The van der Waals surface area contributed by atoms with E-state index in [1.165, 1.54) is 9.75 Å². The summed E-state index contributed by atoms with van der Waals surface area (Å²) in [5.74, 6) is 0.643. The summed E-state index contributed by atoms with van der Waals surface area (Å²) in [5, 5.41) is 11.5. The number of nitrogens with one attached hydrogen (secondary N) is 3. The lowest BCUT2D eigenvalue weighted by Gasteiger charge is -2.17. The number of hydrogen-bond donors (Lipinski definition) is 3. The first kappa shape index (κ1) is 24.0. The second-order valence-electron chi connectivity index (χ2n) is 10.6. The minimum atomic E-state index is -0.0977. The number of thiophene rings is 1. The molecule has 190 valence electrons. The molecule has 1 amide bonds. The number of nitrogens with zero attached hydrogens (tertiary/aromatic N) is 4. The van der Waals surface area contributed by atoms with Gasteiger partial charge in [-0.15, -0.1) is 11.3 Å². The maximum Gasteiger partial charge on any atom is 0.224 e. The number of aromatic amines is 2. The van der Waals surface area contributed by atoms with Crippen LogP contribution in [0.15, 0.2) is 61.1 Å². The Morgan fingerprint density at radius 2 is 1.92 bits per heavy atom. The summed E-state index contributed by atoms with van der Waals surface area (Å²) in [6.45, 7) is 8.22. The summed E-state index contributed by atoms with van der Waals surface area (Å²) in [6, 6.07) is 14.3. The normalized spacial score (nSPS) is 11.9. The SMILES string of the molecule is Cc1ccc(-c2cccc3[nH]c(-c4n[nH]c5cnc(-c6cncc(NC(=O)CC(C)(C)C)c6)cc45)nc23)s1. The number of amides is 1. The van der Waals surface area contributed by atoms with Gasteiger partial charge in [0.15, 0.2) is 5.82 Å². The summed E-state index contributed by atoms with van der Waals surface area (Å²) in [7, 11) is 0. The Morgan fingerprint density at radius 1 is 1.05 bits per heavy atom. The van der Waals surface area contributed by atoms with Gasteiger partial charge in [0.1, 0.15) is 5.69 Å². The van der Waals surface area contributed by atoms with E-state index in [2.05, 4.69) is 55.6 Å². The third-order valence-electron chi connectivity index (χ3n) is 6.20. The predicted molar refractivity (Wildman–Crippen MR) is 153 cm³/mol. The third-order valence-corrected chi connectivity index (χ3v) is 7.23. The number of H-pyrrole nitrogens is 2. The molecule has 5 heterocycles. The summed E-state index contributed by atoms with van der Waals surface area (Å²) in [4.78, 5) is 32.2. The Kier molecular flexibility index (Phi) is 5.80. The molecule has 6 aromatic rings. The van der Waals surface area contributed by atoms with E-state index in [9.17, 15) is 4.79 Å². The molecule has 0 atom stereocenters. The van der Waals surface area contributed by atoms with Crippen molar-refractivity contribution in [2.75, 3.05) is 5.32 Å². The average Bonchev–Trinajstić information content (AvgIpc) is 3.60. The molecule has 0 fully saturated rings. The fourth-order valence-electron chi connectivity index (χ4n) is 4.51. The summed E-state index contributed by atoms with van der Waals surface area (Å²) < 4.78 is 0. The molecule has 8 nitrogen and oxygen atoms in total. The van der Waals surface area contributed by atoms with Gasteiger partial charge in [0, 0.05) is 38.9 Å². The van der Waals surface area contributed by atoms with Crippen molar-refractivity contribution in [2.45, 2.75) is 34.1 Å². The highest BCUT2D eigenvalue weighted by Gasteiger charge is 2.18. The molecule has 0 saturated carbocycles. The number of carbonyl (C=O) groups is 1. The van der Waals surface area contributed by atoms with E-state index >= 15 is 0 Å². The van der Waals surface area contributed by atoms with E-state index in [0.717, 1.165) is 44.5 Å². The van der Waals surface area contributed by atoms with Crippen LogP contribution in [0.4, 0.5) is 5.69 Å². The highest BCUT2D eigenvalue weighted by atomic mass is 32.1. The van der Waals surface area contributed by atoms with Gasteiger partial charge in [-0.05, 0) is 42.7 Å². The van der Waals surface area contributed by atoms with Gasteiger partial charge in [0.25, 0.3) is 0 Å². The number of pyridine rings is 2. The summed E-state index contributed by atoms with van der Waals surface area (Å²) in [5.41, 5.74) is 6.56. The molecule has 0 bridgehead atoms. The Bertz CT molecular complexity index is 1800. The zero-order chi connectivity index (χ0) is 26.4. The first-order valence-electron chi connectivity index (χ1n) is 12.4. The van der Waals surface area contributed by atoms with Crippen LogP contribution in [-0.4, -0.2) is 36.0 Å². The molecule has 3 N–H and O–H groups in total. The highest BCUT2D eigenvalue weighted by molar-refractivity contribution is 7.15. The van der Waals surface area contributed by atoms with Gasteiger partial charge in [0.05, 0.1) is 40.3 Å². The average molecular weight is 522 g/mol. The quantitative estimate of drug-likeness (QED) is 0.227. The van der Waals surface area contributed by atoms with Crippen LogP contribution in [0, 0.1) is 12.3 Å². The zero-order valence-corrected chi connectivity index (χ0v) is 22.4. The lowest BCUT2D eigenvalue weighted by Crippen LogP contribution is -2.19. The van der Waals surface area contributed by atoms with Crippen LogP contribution in [-0.2, 0) is 4.79 Å². The lowest BCUT2D eigenvalue weighted by atomic mass is 9.92. The number of hydrogen-bond acceptors (Lipinski definition) is 6. The molecule has 9 heteroatoms. The van der Waals surface area contributed by atoms with Crippen molar-refractivity contribution in [2.24, 2.45) is 5.41 Å². The Hall–Kier alpha value is -4.37. The van der Waals surface area contributed by atoms with E-state index in [-0.39, 0.29) is 11.3 Å². The smallest absolute Gasteiger partial charge is 0.224 e. The van der Waals surface area contributed by atoms with Gasteiger partial charge in [-0.25, -0.2) is 4.98 Å². The highest BCUT2D eigenvalue weighted by Crippen LogP contribution is 2.35. The van der Waals surface area contributed by atoms with E-state index < -0.39 is 0 Å². The minimum Gasteiger partial charge on any atom is -0.337 e. The van der Waals surface area contributed by atoms with Crippen molar-refractivity contribution >= 4 is 44.9 Å². The van der Waals surface area contributed by atoms with Gasteiger partial charge in [-0.1, -0.05) is 32.9 Å². The van der Waals surface area contributed by atoms with Gasteiger partial charge in [-0.3, -0.25) is 19.9 Å². The Morgan fingerprint density at radius 3 is 2.71 bits per heavy atom. The third kappa shape index (κ3) is 4.68. The molecule has 0 aliphatic heterocycles. The maximum atomic E-state index is 12.4. The Labute approximate surface area is 223 Å². The van der Waals surface area contributed by atoms with Crippen LogP contribution in [0.2, 0.25) is 0 Å². The molecule has 6 rings (SSSR count). The van der Waals surface area contributed by atoms with E-state index in [1.807, 2.05) is 45.0 Å². The first-order valence-corrected chi connectivity index (χ1v) is 13.2. The van der Waals surface area contributed by atoms with Crippen molar-refractivity contribution in [3.05, 3.63) is 65.9 Å². The summed E-state index contributed by atoms with van der Waals surface area (Å²) >= 11 is 1.76. The maximum absolute atomic E-state index is 12.4. The molecule has 0 aliphatic rings. The number of carbonyl (C=O) groups excluding carboxylic acids is 1. The van der Waals surface area contributed by atoms with Crippen molar-refractivity contribution in [3.63, 3.8) is 0 Å². The number of rotatable bonds is 5. The fourth-order valence-corrected chi connectivity index (χ4v) is 5.41. The number of anilines is 1. The monoisotopic (exact) mass is 521 g/mol. The second-order valence-corrected chi connectivity index (χ2v) is 11.9. The number of imidazole rings is 1. The number of aromatic nitrogens is 6. The first-order chi connectivity index (χ1) is 18.2. The molecule has 38 heavy (non-hydrogen) atoms. The second kappa shape index (κ2) is 9.18. The van der Waals surface area contributed by atoms with Crippen molar-refractivity contribution in [3.8, 4) is 33.2 Å². The largest absolute Gasteiger partial charge is 0.337 e. The van der Waals surface area contributed by atoms with E-state index in [4.69, 9.17) is 4.98 Å². The molecule has 1 aromatic carbocycles. The molecule has 0 spiro atoms. The number of fused-ring (bicyclic) bond motifs is 2. The molecule has 0 unspecified atom stereocenters. The van der Waals surface area contributed by atoms with E-state index in [1.54, 1.807) is 29.9 Å².